The van der Waals surface area contributed by atoms with Crippen LogP contribution in [0.4, 0.5) is 10.5 Å². The van der Waals surface area contributed by atoms with Crippen molar-refractivity contribution in [3.05, 3.63) is 77.5 Å². The summed E-state index contributed by atoms with van der Waals surface area (Å²) in [5.41, 5.74) is 5.56. The Kier molecular flexibility index (Phi) is 7.79. The van der Waals surface area contributed by atoms with Gasteiger partial charge in [-0.15, -0.1) is 0 Å². The summed E-state index contributed by atoms with van der Waals surface area (Å²) in [5, 5.41) is 12.9. The van der Waals surface area contributed by atoms with Crippen LogP contribution in [0.1, 0.15) is 43.9 Å². The van der Waals surface area contributed by atoms with Gasteiger partial charge < -0.3 is 24.8 Å². The van der Waals surface area contributed by atoms with E-state index in [-0.39, 0.29) is 12.7 Å². The van der Waals surface area contributed by atoms with Crippen LogP contribution >= 0.6 is 0 Å². The summed E-state index contributed by atoms with van der Waals surface area (Å²) in [4.78, 5) is 18.5. The normalized spacial score (nSPS) is 15.6. The van der Waals surface area contributed by atoms with Gasteiger partial charge in [-0.3, -0.25) is 0 Å². The van der Waals surface area contributed by atoms with E-state index in [1.807, 2.05) is 76.4 Å². The summed E-state index contributed by atoms with van der Waals surface area (Å²) in [6.45, 7) is 9.50. The number of carbonyl (C=O) groups is 1. The summed E-state index contributed by atoms with van der Waals surface area (Å²) in [7, 11) is 0. The number of alkyl carbamates (subject to hydrolysis) is 1. The molecule has 1 aliphatic rings. The number of aliphatic hydroxyl groups excluding tert-OH is 1. The molecule has 0 unspecified atom stereocenters. The van der Waals surface area contributed by atoms with Crippen LogP contribution in [0.3, 0.4) is 0 Å². The summed E-state index contributed by atoms with van der Waals surface area (Å²) in [6, 6.07) is 18.1. The zero-order chi connectivity index (χ0) is 25.7. The number of carbonyl (C=O) groups excluding carboxylic acids is 1. The van der Waals surface area contributed by atoms with Gasteiger partial charge in [-0.25, -0.2) is 9.78 Å². The highest BCUT2D eigenvalue weighted by molar-refractivity contribution is 5.70. The maximum absolute atomic E-state index is 11.9. The van der Waals surface area contributed by atoms with Crippen molar-refractivity contribution < 1.29 is 19.4 Å². The summed E-state index contributed by atoms with van der Waals surface area (Å²) in [6.07, 6.45) is 2.35. The fraction of sp³-hybridized carbons (Fsp3) is 0.379. The highest BCUT2D eigenvalue weighted by Crippen LogP contribution is 2.31. The van der Waals surface area contributed by atoms with E-state index in [9.17, 15) is 9.90 Å². The molecule has 4 rings (SSSR count). The van der Waals surface area contributed by atoms with Gasteiger partial charge in [-0.1, -0.05) is 36.4 Å². The zero-order valence-electron chi connectivity index (χ0n) is 21.5. The second-order valence-corrected chi connectivity index (χ2v) is 10.2. The molecule has 36 heavy (non-hydrogen) atoms. The van der Waals surface area contributed by atoms with Crippen LogP contribution in [0, 0.1) is 6.92 Å². The number of aromatic nitrogens is 1. The van der Waals surface area contributed by atoms with Crippen LogP contribution in [0.25, 0.3) is 11.1 Å². The molecule has 1 aromatic heterocycles. The number of nitrogens with zero attached hydrogens (tertiary/aromatic N) is 2. The number of hydrogen-bond acceptors (Lipinski definition) is 6. The quantitative estimate of drug-likeness (QED) is 0.473. The third kappa shape index (κ3) is 6.76. The van der Waals surface area contributed by atoms with Gasteiger partial charge in [-0.05, 0) is 62.1 Å². The van der Waals surface area contributed by atoms with E-state index in [4.69, 9.17) is 9.47 Å². The van der Waals surface area contributed by atoms with Gasteiger partial charge in [0.05, 0.1) is 13.2 Å². The first-order valence-electron chi connectivity index (χ1n) is 12.3. The highest BCUT2D eigenvalue weighted by Gasteiger charge is 2.26. The molecular formula is C29H35N3O4. The average molecular weight is 490 g/mol. The number of hydrogen-bond donors (Lipinski definition) is 2. The van der Waals surface area contributed by atoms with Gasteiger partial charge in [0.25, 0.3) is 0 Å². The lowest BCUT2D eigenvalue weighted by Crippen LogP contribution is -2.32. The Morgan fingerprint density at radius 1 is 1.11 bits per heavy atom. The molecule has 3 aromatic rings. The first-order valence-corrected chi connectivity index (χ1v) is 12.3. The molecule has 2 aromatic carbocycles. The first kappa shape index (κ1) is 25.5. The molecular weight excluding hydrogens is 454 g/mol. The van der Waals surface area contributed by atoms with Crippen molar-refractivity contribution in [1.29, 1.82) is 0 Å². The number of aliphatic hydroxyl groups is 1. The number of ether oxygens (including phenoxy) is 2. The van der Waals surface area contributed by atoms with Crippen molar-refractivity contribution in [3.63, 3.8) is 0 Å². The average Bonchev–Trinajstić information content (AvgIpc) is 3.31. The minimum absolute atomic E-state index is 0.0391. The Balaban J connectivity index is 1.38. The van der Waals surface area contributed by atoms with E-state index in [0.717, 1.165) is 53.0 Å². The molecule has 1 fully saturated rings. The van der Waals surface area contributed by atoms with Crippen molar-refractivity contribution in [1.82, 2.24) is 10.3 Å². The molecule has 0 bridgehead atoms. The topological polar surface area (TPSA) is 83.9 Å². The van der Waals surface area contributed by atoms with Crippen molar-refractivity contribution in [2.24, 2.45) is 0 Å². The van der Waals surface area contributed by atoms with E-state index in [1.54, 1.807) is 0 Å². The third-order valence-corrected chi connectivity index (χ3v) is 6.03. The van der Waals surface area contributed by atoms with Crippen molar-refractivity contribution >= 4 is 11.8 Å². The molecule has 1 saturated heterocycles. The van der Waals surface area contributed by atoms with Crippen LogP contribution in [0.15, 0.2) is 60.8 Å². The highest BCUT2D eigenvalue weighted by atomic mass is 16.6. The van der Waals surface area contributed by atoms with Gasteiger partial charge in [0, 0.05) is 43.0 Å². The van der Waals surface area contributed by atoms with Crippen LogP contribution in [0.2, 0.25) is 0 Å². The monoisotopic (exact) mass is 489 g/mol. The Morgan fingerprint density at radius 2 is 1.86 bits per heavy atom. The van der Waals surface area contributed by atoms with Gasteiger partial charge in [0.15, 0.2) is 0 Å². The predicted octanol–water partition coefficient (Wildman–Crippen LogP) is 5.23. The summed E-state index contributed by atoms with van der Waals surface area (Å²) >= 11 is 0. The van der Waals surface area contributed by atoms with E-state index in [2.05, 4.69) is 27.3 Å². The number of rotatable bonds is 7. The number of nitrogens with one attached hydrogen (secondary N) is 1. The zero-order valence-corrected chi connectivity index (χ0v) is 21.5. The molecule has 2 heterocycles. The molecule has 0 spiro atoms. The number of benzene rings is 2. The standard InChI is InChI=1S/C29H35N3O4/c1-20-5-12-27(30-16-20)35-25-13-14-32(18-25)26-11-10-23(15-24(26)19-33)22-8-6-21(7-9-22)17-31-28(34)36-29(2,3)4/h5-12,15-16,25,33H,13-14,17-19H2,1-4H3,(H,31,34)/t25-/m0/s1. The lowest BCUT2D eigenvalue weighted by molar-refractivity contribution is 0.0523. The third-order valence-electron chi connectivity index (χ3n) is 6.03. The molecule has 7 nitrogen and oxygen atoms in total. The SMILES string of the molecule is Cc1ccc(O[C@H]2CCN(c3ccc(-c4ccc(CNC(=O)OC(C)(C)C)cc4)cc3CO)C2)nc1. The van der Waals surface area contributed by atoms with E-state index in [0.29, 0.717) is 12.4 Å². The summed E-state index contributed by atoms with van der Waals surface area (Å²) < 4.78 is 11.4. The molecule has 1 amide bonds. The van der Waals surface area contributed by atoms with Crippen molar-refractivity contribution in [2.45, 2.75) is 59.0 Å². The fourth-order valence-electron chi connectivity index (χ4n) is 4.24. The molecule has 0 radical (unpaired) electrons. The summed E-state index contributed by atoms with van der Waals surface area (Å²) in [5.74, 6) is 0.648. The van der Waals surface area contributed by atoms with Gasteiger partial charge in [-0.2, -0.15) is 0 Å². The molecule has 0 saturated carbocycles. The van der Waals surface area contributed by atoms with Crippen LogP contribution < -0.4 is 15.0 Å². The van der Waals surface area contributed by atoms with E-state index in [1.165, 1.54) is 0 Å². The van der Waals surface area contributed by atoms with Gasteiger partial charge in [0.1, 0.15) is 11.7 Å². The molecule has 0 aliphatic carbocycles. The smallest absolute Gasteiger partial charge is 0.407 e. The molecule has 7 heteroatoms. The molecule has 190 valence electrons. The Morgan fingerprint density at radius 3 is 2.53 bits per heavy atom. The minimum Gasteiger partial charge on any atom is -0.472 e. The number of aryl methyl sites for hydroxylation is 1. The molecule has 1 aliphatic heterocycles. The second-order valence-electron chi connectivity index (χ2n) is 10.2. The lowest BCUT2D eigenvalue weighted by Gasteiger charge is -2.22. The fourth-order valence-corrected chi connectivity index (χ4v) is 4.24. The van der Waals surface area contributed by atoms with Crippen molar-refractivity contribution in [3.8, 4) is 17.0 Å². The maximum Gasteiger partial charge on any atom is 0.407 e. The van der Waals surface area contributed by atoms with Crippen LogP contribution in [-0.2, 0) is 17.9 Å². The van der Waals surface area contributed by atoms with Crippen molar-refractivity contribution in [2.75, 3.05) is 18.0 Å². The molecule has 1 atom stereocenters. The van der Waals surface area contributed by atoms with E-state index < -0.39 is 11.7 Å². The predicted molar refractivity (Wildman–Crippen MR) is 141 cm³/mol. The number of amides is 1. The number of pyridine rings is 1. The van der Waals surface area contributed by atoms with Crippen LogP contribution in [-0.4, -0.2) is 41.0 Å². The molecule has 2 N–H and O–H groups in total. The Bertz CT molecular complexity index is 1170. The number of anilines is 1. The van der Waals surface area contributed by atoms with Gasteiger partial charge in [0.2, 0.25) is 5.88 Å². The van der Waals surface area contributed by atoms with Crippen LogP contribution in [0.5, 0.6) is 5.88 Å². The minimum atomic E-state index is -0.522. The second kappa shape index (κ2) is 11.0. The largest absolute Gasteiger partial charge is 0.472 e. The lowest BCUT2D eigenvalue weighted by atomic mass is 10.0. The maximum atomic E-state index is 11.9. The Hall–Kier alpha value is -3.58. The first-order chi connectivity index (χ1) is 17.2. The van der Waals surface area contributed by atoms with Gasteiger partial charge >= 0.3 is 6.09 Å². The Labute approximate surface area is 213 Å². The van der Waals surface area contributed by atoms with E-state index >= 15 is 0 Å².